The molecule has 0 radical (unpaired) electrons. The second kappa shape index (κ2) is 5.83. The molecular formula is C16H26N2O. The average Bonchev–Trinajstić information content (AvgIpc) is 2.38. The van der Waals surface area contributed by atoms with E-state index in [1.807, 2.05) is 0 Å². The number of anilines is 1. The summed E-state index contributed by atoms with van der Waals surface area (Å²) < 4.78 is 6.12. The van der Waals surface area contributed by atoms with Crippen LogP contribution in [-0.2, 0) is 0 Å². The smallest absolute Gasteiger partial charge is 0.143 e. The van der Waals surface area contributed by atoms with Crippen LogP contribution in [0.4, 0.5) is 5.69 Å². The van der Waals surface area contributed by atoms with Crippen molar-refractivity contribution in [1.82, 2.24) is 0 Å². The number of nitrogens with zero attached hydrogens (tertiary/aromatic N) is 1. The Morgan fingerprint density at radius 2 is 2.05 bits per heavy atom. The van der Waals surface area contributed by atoms with Gasteiger partial charge >= 0.3 is 0 Å². The molecule has 2 rings (SSSR count). The molecule has 0 aliphatic carbocycles. The quantitative estimate of drug-likeness (QED) is 0.906. The van der Waals surface area contributed by atoms with E-state index in [4.69, 9.17) is 10.5 Å². The van der Waals surface area contributed by atoms with Crippen molar-refractivity contribution in [2.24, 2.45) is 11.7 Å². The van der Waals surface area contributed by atoms with Gasteiger partial charge < -0.3 is 15.4 Å². The predicted molar refractivity (Wildman–Crippen MR) is 81.1 cm³/mol. The Morgan fingerprint density at radius 3 is 2.63 bits per heavy atom. The van der Waals surface area contributed by atoms with Crippen LogP contribution in [0, 0.1) is 5.92 Å². The zero-order chi connectivity index (χ0) is 14.0. The van der Waals surface area contributed by atoms with Gasteiger partial charge in [0.25, 0.3) is 0 Å². The van der Waals surface area contributed by atoms with Crippen LogP contribution in [0.2, 0.25) is 0 Å². The number of fused-ring (bicyclic) bond motifs is 1. The fourth-order valence-electron chi connectivity index (χ4n) is 2.47. The molecule has 0 aromatic heterocycles. The van der Waals surface area contributed by atoms with Crippen molar-refractivity contribution in [2.45, 2.75) is 39.7 Å². The minimum atomic E-state index is 0.254. The zero-order valence-corrected chi connectivity index (χ0v) is 12.5. The van der Waals surface area contributed by atoms with Crippen molar-refractivity contribution in [1.29, 1.82) is 0 Å². The second-order valence-electron chi connectivity index (χ2n) is 6.02. The van der Waals surface area contributed by atoms with Crippen LogP contribution in [0.1, 0.15) is 39.2 Å². The van der Waals surface area contributed by atoms with Crippen molar-refractivity contribution in [3.8, 4) is 5.75 Å². The highest BCUT2D eigenvalue weighted by atomic mass is 16.5. The first-order chi connectivity index (χ1) is 9.02. The summed E-state index contributed by atoms with van der Waals surface area (Å²) in [6.07, 6.45) is 0.254. The summed E-state index contributed by atoms with van der Waals surface area (Å²) in [7, 11) is 0. The number of hydrogen-bond acceptors (Lipinski definition) is 3. The minimum absolute atomic E-state index is 0.254. The van der Waals surface area contributed by atoms with Crippen molar-refractivity contribution >= 4 is 5.69 Å². The van der Waals surface area contributed by atoms with Gasteiger partial charge in [-0.2, -0.15) is 0 Å². The molecule has 1 atom stereocenters. The molecule has 0 spiro atoms. The van der Waals surface area contributed by atoms with Gasteiger partial charge in [0.2, 0.25) is 0 Å². The normalized spacial score (nSPS) is 18.7. The molecule has 3 nitrogen and oxygen atoms in total. The maximum absolute atomic E-state index is 6.12. The standard InChI is InChI=1S/C16H26N2O/c1-11(2)13-5-6-15-14(9-13)18(8-7-17)10-16(19-15)12(3)4/h5-6,9,11-12,16H,7-8,10,17H2,1-4H3. The van der Waals surface area contributed by atoms with Gasteiger partial charge in [-0.25, -0.2) is 0 Å². The lowest BCUT2D eigenvalue weighted by molar-refractivity contribution is 0.146. The van der Waals surface area contributed by atoms with E-state index in [9.17, 15) is 0 Å². The van der Waals surface area contributed by atoms with Crippen molar-refractivity contribution in [3.63, 3.8) is 0 Å². The van der Waals surface area contributed by atoms with Crippen LogP contribution in [0.25, 0.3) is 0 Å². The first kappa shape index (κ1) is 14.2. The highest BCUT2D eigenvalue weighted by Crippen LogP contribution is 2.36. The first-order valence-electron chi connectivity index (χ1n) is 7.28. The van der Waals surface area contributed by atoms with E-state index in [2.05, 4.69) is 50.8 Å². The molecule has 1 aromatic carbocycles. The highest BCUT2D eigenvalue weighted by Gasteiger charge is 2.27. The fourth-order valence-corrected chi connectivity index (χ4v) is 2.47. The molecule has 1 aromatic rings. The Kier molecular flexibility index (Phi) is 4.35. The van der Waals surface area contributed by atoms with Gasteiger partial charge in [0, 0.05) is 13.1 Å². The van der Waals surface area contributed by atoms with E-state index in [0.717, 1.165) is 18.8 Å². The third kappa shape index (κ3) is 3.03. The van der Waals surface area contributed by atoms with Crippen LogP contribution in [-0.4, -0.2) is 25.7 Å². The second-order valence-corrected chi connectivity index (χ2v) is 6.02. The first-order valence-corrected chi connectivity index (χ1v) is 7.28. The van der Waals surface area contributed by atoms with Crippen LogP contribution in [0.5, 0.6) is 5.75 Å². The summed E-state index contributed by atoms with van der Waals surface area (Å²) in [5.74, 6) is 2.05. The summed E-state index contributed by atoms with van der Waals surface area (Å²) in [5, 5.41) is 0. The van der Waals surface area contributed by atoms with E-state index >= 15 is 0 Å². The number of rotatable bonds is 4. The highest BCUT2D eigenvalue weighted by molar-refractivity contribution is 5.62. The number of hydrogen-bond donors (Lipinski definition) is 1. The predicted octanol–water partition coefficient (Wildman–Crippen LogP) is 2.99. The maximum atomic E-state index is 6.12. The Labute approximate surface area is 116 Å². The number of ether oxygens (including phenoxy) is 1. The van der Waals surface area contributed by atoms with E-state index in [0.29, 0.717) is 18.4 Å². The fraction of sp³-hybridized carbons (Fsp3) is 0.625. The maximum Gasteiger partial charge on any atom is 0.143 e. The van der Waals surface area contributed by atoms with E-state index in [1.54, 1.807) is 0 Å². The Balaban J connectivity index is 2.34. The van der Waals surface area contributed by atoms with Gasteiger partial charge in [-0.05, 0) is 29.5 Å². The Bertz CT molecular complexity index is 429. The lowest BCUT2D eigenvalue weighted by Crippen LogP contribution is -2.44. The van der Waals surface area contributed by atoms with E-state index in [1.165, 1.54) is 11.3 Å². The van der Waals surface area contributed by atoms with E-state index in [-0.39, 0.29) is 6.10 Å². The van der Waals surface area contributed by atoms with Gasteiger partial charge in [-0.1, -0.05) is 33.8 Å². The molecule has 0 bridgehead atoms. The molecule has 0 saturated carbocycles. The van der Waals surface area contributed by atoms with Crippen molar-refractivity contribution in [2.75, 3.05) is 24.5 Å². The Morgan fingerprint density at radius 1 is 1.32 bits per heavy atom. The van der Waals surface area contributed by atoms with Crippen LogP contribution >= 0.6 is 0 Å². The SMILES string of the molecule is CC(C)c1ccc2c(c1)N(CCN)CC(C(C)C)O2. The molecule has 3 heteroatoms. The Hall–Kier alpha value is -1.22. The number of benzene rings is 1. The van der Waals surface area contributed by atoms with E-state index < -0.39 is 0 Å². The molecule has 0 fully saturated rings. The molecule has 2 N–H and O–H groups in total. The van der Waals surface area contributed by atoms with Gasteiger partial charge in [0.15, 0.2) is 0 Å². The summed E-state index contributed by atoms with van der Waals surface area (Å²) in [5.41, 5.74) is 8.31. The van der Waals surface area contributed by atoms with Crippen molar-refractivity contribution < 1.29 is 4.74 Å². The molecular weight excluding hydrogens is 236 g/mol. The monoisotopic (exact) mass is 262 g/mol. The summed E-state index contributed by atoms with van der Waals surface area (Å²) >= 11 is 0. The third-order valence-corrected chi connectivity index (χ3v) is 3.81. The summed E-state index contributed by atoms with van der Waals surface area (Å²) in [6, 6.07) is 6.54. The van der Waals surface area contributed by atoms with Crippen LogP contribution < -0.4 is 15.4 Å². The lowest BCUT2D eigenvalue weighted by atomic mass is 9.99. The molecule has 1 aliphatic rings. The van der Waals surface area contributed by atoms with Gasteiger partial charge in [-0.15, -0.1) is 0 Å². The largest absolute Gasteiger partial charge is 0.486 e. The zero-order valence-electron chi connectivity index (χ0n) is 12.5. The molecule has 1 aliphatic heterocycles. The molecule has 19 heavy (non-hydrogen) atoms. The van der Waals surface area contributed by atoms with Crippen LogP contribution in [0.3, 0.4) is 0 Å². The van der Waals surface area contributed by atoms with Gasteiger partial charge in [-0.3, -0.25) is 0 Å². The molecule has 0 amide bonds. The molecule has 1 heterocycles. The molecule has 106 valence electrons. The minimum Gasteiger partial charge on any atom is -0.486 e. The van der Waals surface area contributed by atoms with Crippen molar-refractivity contribution in [3.05, 3.63) is 23.8 Å². The van der Waals surface area contributed by atoms with Crippen LogP contribution in [0.15, 0.2) is 18.2 Å². The topological polar surface area (TPSA) is 38.5 Å². The lowest BCUT2D eigenvalue weighted by Gasteiger charge is -2.38. The third-order valence-electron chi connectivity index (χ3n) is 3.81. The summed E-state index contributed by atoms with van der Waals surface area (Å²) in [4.78, 5) is 2.37. The van der Waals surface area contributed by atoms with Gasteiger partial charge in [0.05, 0.1) is 12.2 Å². The molecule has 0 saturated heterocycles. The van der Waals surface area contributed by atoms with Gasteiger partial charge in [0.1, 0.15) is 11.9 Å². The molecule has 1 unspecified atom stereocenters. The average molecular weight is 262 g/mol. The number of nitrogens with two attached hydrogens (primary N) is 1. The summed E-state index contributed by atoms with van der Waals surface area (Å²) in [6.45, 7) is 11.4.